The molecule has 1 aromatic heterocycles. The van der Waals surface area contributed by atoms with Crippen molar-refractivity contribution in [1.29, 1.82) is 0 Å². The maximum Gasteiger partial charge on any atom is 0.268 e. The zero-order chi connectivity index (χ0) is 20.4. The van der Waals surface area contributed by atoms with Gasteiger partial charge in [0.2, 0.25) is 0 Å². The maximum atomic E-state index is 13.1. The Morgan fingerprint density at radius 1 is 1.10 bits per heavy atom. The number of aromatic nitrogens is 1. The number of carbonyl (C=O) groups excluding carboxylic acids is 1. The molecule has 2 heterocycles. The molecule has 0 aliphatic carbocycles. The molecule has 0 spiro atoms. The second kappa shape index (κ2) is 8.60. The monoisotopic (exact) mass is 409 g/mol. The van der Waals surface area contributed by atoms with Gasteiger partial charge in [-0.05, 0) is 82.1 Å². The van der Waals surface area contributed by atoms with Crippen molar-refractivity contribution in [2.45, 2.75) is 32.7 Å². The summed E-state index contributed by atoms with van der Waals surface area (Å²) in [6.07, 6.45) is 2.28. The molecule has 3 aromatic rings. The van der Waals surface area contributed by atoms with Crippen molar-refractivity contribution < 1.29 is 4.79 Å². The number of rotatable bonds is 5. The summed E-state index contributed by atoms with van der Waals surface area (Å²) in [5.74, 6) is 0.518. The van der Waals surface area contributed by atoms with E-state index in [1.807, 2.05) is 59.2 Å². The van der Waals surface area contributed by atoms with Gasteiger partial charge in [-0.15, -0.1) is 0 Å². The lowest BCUT2D eigenvalue weighted by atomic mass is 9.96. The van der Waals surface area contributed by atoms with Crippen LogP contribution in [0, 0.1) is 5.92 Å². The predicted molar refractivity (Wildman–Crippen MR) is 120 cm³/mol. The number of benzene rings is 2. The molecule has 1 aliphatic rings. The number of para-hydroxylation sites is 1. The third kappa shape index (κ3) is 4.34. The van der Waals surface area contributed by atoms with Crippen LogP contribution >= 0.6 is 11.6 Å². The van der Waals surface area contributed by atoms with E-state index < -0.39 is 0 Å². The van der Waals surface area contributed by atoms with Crippen molar-refractivity contribution in [1.82, 2.24) is 14.8 Å². The number of hydrogen-bond donors (Lipinski definition) is 1. The van der Waals surface area contributed by atoms with E-state index in [2.05, 4.69) is 24.1 Å². The van der Waals surface area contributed by atoms with Crippen molar-refractivity contribution in [2.24, 2.45) is 5.92 Å². The molecule has 0 bridgehead atoms. The molecular weight excluding hydrogens is 382 g/mol. The largest absolute Gasteiger partial charge is 0.350 e. The van der Waals surface area contributed by atoms with E-state index in [1.165, 1.54) is 0 Å². The fourth-order valence-corrected chi connectivity index (χ4v) is 4.32. The van der Waals surface area contributed by atoms with Crippen molar-refractivity contribution in [3.63, 3.8) is 0 Å². The number of hydrogen-bond acceptors (Lipinski definition) is 2. The maximum absolute atomic E-state index is 13.1. The van der Waals surface area contributed by atoms with Gasteiger partial charge in [0.05, 0.1) is 5.52 Å². The van der Waals surface area contributed by atoms with Gasteiger partial charge in [0.25, 0.3) is 5.91 Å². The van der Waals surface area contributed by atoms with Crippen molar-refractivity contribution in [2.75, 3.05) is 19.6 Å². The van der Waals surface area contributed by atoms with E-state index in [-0.39, 0.29) is 5.91 Å². The lowest BCUT2D eigenvalue weighted by Gasteiger charge is -2.34. The van der Waals surface area contributed by atoms with Crippen LogP contribution in [0.3, 0.4) is 0 Å². The lowest BCUT2D eigenvalue weighted by molar-refractivity contribution is 0.0923. The van der Waals surface area contributed by atoms with Gasteiger partial charge in [0, 0.05) is 28.7 Å². The number of carbonyl (C=O) groups is 1. The minimum Gasteiger partial charge on any atom is -0.350 e. The van der Waals surface area contributed by atoms with Gasteiger partial charge in [0.1, 0.15) is 5.69 Å². The number of nitrogens with zero attached hydrogens (tertiary/aromatic N) is 2. The highest BCUT2D eigenvalue weighted by Crippen LogP contribution is 2.26. The first kappa shape index (κ1) is 20.0. The molecule has 1 N–H and O–H groups in total. The van der Waals surface area contributed by atoms with Crippen LogP contribution in [0.5, 0.6) is 0 Å². The van der Waals surface area contributed by atoms with Crippen molar-refractivity contribution in [3.8, 4) is 5.69 Å². The van der Waals surface area contributed by atoms with Gasteiger partial charge in [-0.2, -0.15) is 0 Å². The van der Waals surface area contributed by atoms with Gasteiger partial charge >= 0.3 is 0 Å². The summed E-state index contributed by atoms with van der Waals surface area (Å²) in [5.41, 5.74) is 2.62. The summed E-state index contributed by atoms with van der Waals surface area (Å²) in [4.78, 5) is 15.6. The van der Waals surface area contributed by atoms with E-state index in [0.29, 0.717) is 22.7 Å². The molecule has 152 valence electrons. The lowest BCUT2D eigenvalue weighted by Crippen LogP contribution is -2.41. The molecule has 29 heavy (non-hydrogen) atoms. The highest BCUT2D eigenvalue weighted by atomic mass is 35.5. The molecule has 5 heteroatoms. The molecule has 2 aromatic carbocycles. The Balaban J connectivity index is 1.53. The molecule has 1 aliphatic heterocycles. The normalized spacial score (nSPS) is 15.9. The van der Waals surface area contributed by atoms with E-state index >= 15 is 0 Å². The Bertz CT molecular complexity index is 985. The molecule has 1 amide bonds. The van der Waals surface area contributed by atoms with Gasteiger partial charge in [0.15, 0.2) is 0 Å². The van der Waals surface area contributed by atoms with Crippen molar-refractivity contribution in [3.05, 3.63) is 65.3 Å². The molecule has 1 fully saturated rings. The van der Waals surface area contributed by atoms with Crippen LogP contribution < -0.4 is 5.32 Å². The highest BCUT2D eigenvalue weighted by Gasteiger charge is 2.22. The number of likely N-dealkylation sites (tertiary alicyclic amines) is 1. The molecule has 0 unspecified atom stereocenters. The molecule has 0 saturated carbocycles. The van der Waals surface area contributed by atoms with Crippen LogP contribution in [0.15, 0.2) is 54.6 Å². The molecule has 1 saturated heterocycles. The van der Waals surface area contributed by atoms with Gasteiger partial charge in [-0.25, -0.2) is 0 Å². The number of nitrogens with one attached hydrogen (secondary N) is 1. The third-order valence-electron chi connectivity index (χ3n) is 5.96. The summed E-state index contributed by atoms with van der Waals surface area (Å²) >= 11 is 6.07. The van der Waals surface area contributed by atoms with Crippen LogP contribution in [0.4, 0.5) is 0 Å². The fourth-order valence-electron chi connectivity index (χ4n) is 4.19. The number of halogens is 1. The highest BCUT2D eigenvalue weighted by molar-refractivity contribution is 6.30. The average molecular weight is 410 g/mol. The van der Waals surface area contributed by atoms with Crippen LogP contribution in [-0.2, 0) is 0 Å². The number of fused-ring (bicyclic) bond motifs is 1. The van der Waals surface area contributed by atoms with Crippen molar-refractivity contribution >= 4 is 28.4 Å². The van der Waals surface area contributed by atoms with Crippen LogP contribution in [0.25, 0.3) is 16.6 Å². The number of amides is 1. The van der Waals surface area contributed by atoms with E-state index in [1.54, 1.807) is 0 Å². The molecule has 4 rings (SSSR count). The average Bonchev–Trinajstić information content (AvgIpc) is 3.12. The molecular formula is C24H28ClN3O. The third-order valence-corrected chi connectivity index (χ3v) is 6.21. The summed E-state index contributed by atoms with van der Waals surface area (Å²) < 4.78 is 2.02. The Morgan fingerprint density at radius 2 is 1.79 bits per heavy atom. The quantitative estimate of drug-likeness (QED) is 0.633. The first-order valence-electron chi connectivity index (χ1n) is 10.4. The fraction of sp³-hybridized carbons (Fsp3) is 0.375. The SMILES string of the molecule is CC(C)N1CCC(CNC(=O)c2cc3ccccc3n2-c2ccc(Cl)cc2)CC1. The Kier molecular flexibility index (Phi) is 5.93. The van der Waals surface area contributed by atoms with E-state index in [9.17, 15) is 4.79 Å². The summed E-state index contributed by atoms with van der Waals surface area (Å²) in [6.45, 7) is 7.45. The second-order valence-electron chi connectivity index (χ2n) is 8.18. The molecule has 4 nitrogen and oxygen atoms in total. The smallest absolute Gasteiger partial charge is 0.268 e. The summed E-state index contributed by atoms with van der Waals surface area (Å²) in [7, 11) is 0. The summed E-state index contributed by atoms with van der Waals surface area (Å²) in [6, 6.07) is 18.3. The number of piperidine rings is 1. The Hall–Kier alpha value is -2.30. The first-order valence-corrected chi connectivity index (χ1v) is 10.8. The predicted octanol–water partition coefficient (Wildman–Crippen LogP) is 5.13. The topological polar surface area (TPSA) is 37.3 Å². The van der Waals surface area contributed by atoms with Gasteiger partial charge in [-0.3, -0.25) is 4.79 Å². The minimum atomic E-state index is -0.0255. The Labute approximate surface area is 177 Å². The molecule has 0 atom stereocenters. The molecule has 0 radical (unpaired) electrons. The first-order chi connectivity index (χ1) is 14.0. The van der Waals surface area contributed by atoms with E-state index in [0.717, 1.165) is 49.1 Å². The Morgan fingerprint density at radius 3 is 2.48 bits per heavy atom. The summed E-state index contributed by atoms with van der Waals surface area (Å²) in [5, 5.41) is 4.93. The van der Waals surface area contributed by atoms with Crippen LogP contribution in [-0.4, -0.2) is 41.1 Å². The van der Waals surface area contributed by atoms with Crippen LogP contribution in [0.1, 0.15) is 37.2 Å². The second-order valence-corrected chi connectivity index (χ2v) is 8.62. The standard InChI is InChI=1S/C24H28ClN3O/c1-17(2)27-13-11-18(12-14-27)16-26-24(29)23-15-19-5-3-4-6-22(19)28(23)21-9-7-20(25)8-10-21/h3-10,15,17-18H,11-14,16H2,1-2H3,(H,26,29). The van der Waals surface area contributed by atoms with Gasteiger partial charge in [-0.1, -0.05) is 29.8 Å². The zero-order valence-corrected chi connectivity index (χ0v) is 17.8. The van der Waals surface area contributed by atoms with Gasteiger partial charge < -0.3 is 14.8 Å². The minimum absolute atomic E-state index is 0.0255. The van der Waals surface area contributed by atoms with Crippen LogP contribution in [0.2, 0.25) is 5.02 Å². The zero-order valence-electron chi connectivity index (χ0n) is 17.1. The van der Waals surface area contributed by atoms with E-state index in [4.69, 9.17) is 11.6 Å².